The fraction of sp³-hybridized carbons (Fsp3) is 0.462. The first-order chi connectivity index (χ1) is 8.24. The van der Waals surface area contributed by atoms with Crippen molar-refractivity contribution in [2.75, 3.05) is 29.9 Å². The number of carbonyl (C=O) groups excluding carboxylic acids is 1. The topological polar surface area (TPSA) is 44.4 Å². The van der Waals surface area contributed by atoms with E-state index in [0.717, 1.165) is 30.9 Å². The van der Waals surface area contributed by atoms with Gasteiger partial charge in [-0.05, 0) is 37.6 Å². The molecule has 1 fully saturated rings. The lowest BCUT2D eigenvalue weighted by Gasteiger charge is -2.35. The highest BCUT2D eigenvalue weighted by atomic mass is 16.2. The van der Waals surface area contributed by atoms with Crippen molar-refractivity contribution in [3.8, 4) is 0 Å². The van der Waals surface area contributed by atoms with Gasteiger partial charge in [-0.25, -0.2) is 0 Å². The van der Waals surface area contributed by atoms with Crippen LogP contribution in [0.4, 0.5) is 11.4 Å². The van der Waals surface area contributed by atoms with E-state index in [9.17, 15) is 4.79 Å². The van der Waals surface area contributed by atoms with E-state index in [0.29, 0.717) is 12.6 Å². The van der Waals surface area contributed by atoms with Gasteiger partial charge in [0.1, 0.15) is 0 Å². The number of nitrogens with zero attached hydrogens (tertiary/aromatic N) is 1. The van der Waals surface area contributed by atoms with Crippen LogP contribution in [-0.2, 0) is 4.79 Å². The standard InChI is InChI=1S/C13H17N3O/c1-9-2-3-12-11(6-9)15-13(17)8-16(12)10-4-5-14-7-10/h2-3,6,10,14H,4-5,7-8H2,1H3,(H,15,17). The first-order valence-electron chi connectivity index (χ1n) is 6.12. The van der Waals surface area contributed by atoms with Gasteiger partial charge in [-0.3, -0.25) is 4.79 Å². The van der Waals surface area contributed by atoms with Gasteiger partial charge in [-0.15, -0.1) is 0 Å². The minimum Gasteiger partial charge on any atom is -0.356 e. The summed E-state index contributed by atoms with van der Waals surface area (Å²) in [5, 5.41) is 6.31. The van der Waals surface area contributed by atoms with Gasteiger partial charge in [-0.1, -0.05) is 6.07 Å². The largest absolute Gasteiger partial charge is 0.356 e. The van der Waals surface area contributed by atoms with E-state index in [1.54, 1.807) is 0 Å². The van der Waals surface area contributed by atoms with Crippen LogP contribution < -0.4 is 15.5 Å². The summed E-state index contributed by atoms with van der Waals surface area (Å²) in [6.07, 6.45) is 1.11. The van der Waals surface area contributed by atoms with E-state index in [1.165, 1.54) is 5.56 Å². The molecule has 0 bridgehead atoms. The number of aryl methyl sites for hydroxylation is 1. The number of benzene rings is 1. The second-order valence-electron chi connectivity index (χ2n) is 4.84. The molecule has 1 aromatic rings. The third-order valence-electron chi connectivity index (χ3n) is 3.52. The summed E-state index contributed by atoms with van der Waals surface area (Å²) < 4.78 is 0. The maximum atomic E-state index is 11.7. The first-order valence-corrected chi connectivity index (χ1v) is 6.12. The molecule has 1 saturated heterocycles. The van der Waals surface area contributed by atoms with E-state index >= 15 is 0 Å². The average molecular weight is 231 g/mol. The number of rotatable bonds is 1. The molecule has 1 unspecified atom stereocenters. The highest BCUT2D eigenvalue weighted by Crippen LogP contribution is 2.32. The Labute approximate surface area is 101 Å². The number of hydrogen-bond acceptors (Lipinski definition) is 3. The third-order valence-corrected chi connectivity index (χ3v) is 3.52. The van der Waals surface area contributed by atoms with Crippen LogP contribution in [0.25, 0.3) is 0 Å². The van der Waals surface area contributed by atoms with Crippen LogP contribution in [0.5, 0.6) is 0 Å². The van der Waals surface area contributed by atoms with Crippen LogP contribution in [0, 0.1) is 6.92 Å². The Kier molecular flexibility index (Phi) is 2.52. The van der Waals surface area contributed by atoms with Crippen molar-refractivity contribution in [2.24, 2.45) is 0 Å². The van der Waals surface area contributed by atoms with Crippen LogP contribution in [0.15, 0.2) is 18.2 Å². The van der Waals surface area contributed by atoms with E-state index in [-0.39, 0.29) is 5.91 Å². The summed E-state index contributed by atoms with van der Waals surface area (Å²) in [5.41, 5.74) is 3.28. The lowest BCUT2D eigenvalue weighted by atomic mass is 10.1. The predicted molar refractivity (Wildman–Crippen MR) is 68.4 cm³/mol. The Morgan fingerprint density at radius 2 is 2.29 bits per heavy atom. The Morgan fingerprint density at radius 1 is 1.41 bits per heavy atom. The third kappa shape index (κ3) is 1.89. The van der Waals surface area contributed by atoms with Gasteiger partial charge >= 0.3 is 0 Å². The van der Waals surface area contributed by atoms with Gasteiger partial charge in [0.2, 0.25) is 5.91 Å². The van der Waals surface area contributed by atoms with Crippen molar-refractivity contribution >= 4 is 17.3 Å². The van der Waals surface area contributed by atoms with Crippen LogP contribution in [0.2, 0.25) is 0 Å². The van der Waals surface area contributed by atoms with Gasteiger partial charge in [0.15, 0.2) is 0 Å². The lowest BCUT2D eigenvalue weighted by Crippen LogP contribution is -2.45. The smallest absolute Gasteiger partial charge is 0.243 e. The number of amides is 1. The molecule has 0 aromatic heterocycles. The molecule has 4 heteroatoms. The number of carbonyl (C=O) groups is 1. The fourth-order valence-electron chi connectivity index (χ4n) is 2.66. The number of hydrogen-bond donors (Lipinski definition) is 2. The molecule has 1 aromatic carbocycles. The van der Waals surface area contributed by atoms with Crippen LogP contribution >= 0.6 is 0 Å². The molecule has 4 nitrogen and oxygen atoms in total. The normalized spacial score (nSPS) is 23.5. The Bertz CT molecular complexity index is 452. The fourth-order valence-corrected chi connectivity index (χ4v) is 2.66. The SMILES string of the molecule is Cc1ccc2c(c1)NC(=O)CN2C1CCNC1. The zero-order valence-electron chi connectivity index (χ0n) is 9.99. The Hall–Kier alpha value is -1.55. The van der Waals surface area contributed by atoms with Crippen molar-refractivity contribution in [1.82, 2.24) is 5.32 Å². The summed E-state index contributed by atoms with van der Waals surface area (Å²) in [7, 11) is 0. The second-order valence-corrected chi connectivity index (χ2v) is 4.84. The maximum absolute atomic E-state index is 11.7. The molecule has 2 N–H and O–H groups in total. The number of nitrogens with one attached hydrogen (secondary N) is 2. The van der Waals surface area contributed by atoms with Gasteiger partial charge in [0.05, 0.1) is 17.9 Å². The summed E-state index contributed by atoms with van der Waals surface area (Å²) in [4.78, 5) is 14.0. The lowest BCUT2D eigenvalue weighted by molar-refractivity contribution is -0.115. The summed E-state index contributed by atoms with van der Waals surface area (Å²) in [5.74, 6) is 0.0926. The van der Waals surface area contributed by atoms with E-state index in [2.05, 4.69) is 27.7 Å². The maximum Gasteiger partial charge on any atom is 0.243 e. The highest BCUT2D eigenvalue weighted by molar-refractivity contribution is 6.01. The minimum atomic E-state index is 0.0926. The van der Waals surface area contributed by atoms with Crippen LogP contribution in [-0.4, -0.2) is 31.6 Å². The number of anilines is 2. The van der Waals surface area contributed by atoms with Crippen LogP contribution in [0.3, 0.4) is 0 Å². The molecule has 1 atom stereocenters. The molecule has 90 valence electrons. The van der Waals surface area contributed by atoms with E-state index < -0.39 is 0 Å². The molecule has 3 rings (SSSR count). The van der Waals surface area contributed by atoms with Gasteiger partial charge in [-0.2, -0.15) is 0 Å². The molecule has 2 aliphatic rings. The summed E-state index contributed by atoms with van der Waals surface area (Å²) >= 11 is 0. The summed E-state index contributed by atoms with van der Waals surface area (Å²) in [6, 6.07) is 6.71. The molecule has 17 heavy (non-hydrogen) atoms. The van der Waals surface area contributed by atoms with Crippen molar-refractivity contribution in [1.29, 1.82) is 0 Å². The molecule has 0 radical (unpaired) electrons. The molecule has 1 amide bonds. The van der Waals surface area contributed by atoms with Crippen molar-refractivity contribution in [2.45, 2.75) is 19.4 Å². The van der Waals surface area contributed by atoms with E-state index in [1.807, 2.05) is 13.0 Å². The molecule has 0 aliphatic carbocycles. The Balaban J connectivity index is 1.98. The van der Waals surface area contributed by atoms with Crippen LogP contribution in [0.1, 0.15) is 12.0 Å². The quantitative estimate of drug-likeness (QED) is 0.761. The molecular weight excluding hydrogens is 214 g/mol. The van der Waals surface area contributed by atoms with Gasteiger partial charge in [0.25, 0.3) is 0 Å². The summed E-state index contributed by atoms with van der Waals surface area (Å²) in [6.45, 7) is 4.54. The molecule has 2 aliphatic heterocycles. The average Bonchev–Trinajstić information content (AvgIpc) is 2.80. The zero-order valence-corrected chi connectivity index (χ0v) is 9.99. The number of fused-ring (bicyclic) bond motifs is 1. The van der Waals surface area contributed by atoms with Crippen molar-refractivity contribution in [3.63, 3.8) is 0 Å². The molecule has 0 saturated carbocycles. The van der Waals surface area contributed by atoms with Crippen molar-refractivity contribution < 1.29 is 4.79 Å². The predicted octanol–water partition coefficient (Wildman–Crippen LogP) is 1.12. The minimum absolute atomic E-state index is 0.0926. The first kappa shape index (κ1) is 10.6. The second kappa shape index (κ2) is 4.04. The van der Waals surface area contributed by atoms with Gasteiger partial charge < -0.3 is 15.5 Å². The molecule has 2 heterocycles. The molecule has 0 spiro atoms. The van der Waals surface area contributed by atoms with E-state index in [4.69, 9.17) is 0 Å². The Morgan fingerprint density at radius 3 is 3.06 bits per heavy atom. The zero-order chi connectivity index (χ0) is 11.8. The molecular formula is C13H17N3O. The van der Waals surface area contributed by atoms with Crippen molar-refractivity contribution in [3.05, 3.63) is 23.8 Å². The monoisotopic (exact) mass is 231 g/mol. The highest BCUT2D eigenvalue weighted by Gasteiger charge is 2.29. The van der Waals surface area contributed by atoms with Gasteiger partial charge in [0, 0.05) is 12.6 Å².